The predicted octanol–water partition coefficient (Wildman–Crippen LogP) is 10.3. The molecule has 0 saturated carbocycles. The molecule has 4 N–H and O–H groups in total. The Kier molecular flexibility index (Phi) is 25.9. The summed E-state index contributed by atoms with van der Waals surface area (Å²) < 4.78 is 49.7. The Morgan fingerprint density at radius 3 is 1.63 bits per heavy atom. The molecule has 3 saturated heterocycles. The van der Waals surface area contributed by atoms with Crippen molar-refractivity contribution in [2.24, 2.45) is 17.8 Å². The van der Waals surface area contributed by atoms with E-state index in [9.17, 15) is 20.4 Å². The Bertz CT molecular complexity index is 2190. The molecule has 15 heteroatoms. The van der Waals surface area contributed by atoms with E-state index in [1.807, 2.05) is 41.5 Å². The van der Waals surface area contributed by atoms with Gasteiger partial charge in [-0.25, -0.2) is 0 Å². The van der Waals surface area contributed by atoms with Crippen LogP contribution in [0.15, 0.2) is 72.8 Å². The lowest BCUT2D eigenvalue weighted by atomic mass is 9.73. The second-order valence-electron chi connectivity index (χ2n) is 25.8. The Labute approximate surface area is 495 Å². The Morgan fingerprint density at radius 1 is 0.634 bits per heavy atom. The van der Waals surface area contributed by atoms with Crippen LogP contribution < -0.4 is 30.1 Å². The summed E-state index contributed by atoms with van der Waals surface area (Å²) in [5.41, 5.74) is -3.49. The van der Waals surface area contributed by atoms with Crippen molar-refractivity contribution in [1.29, 1.82) is 0 Å². The molecule has 14 nitrogen and oxygen atoms in total. The van der Waals surface area contributed by atoms with Crippen LogP contribution in [-0.4, -0.2) is 170 Å². The minimum absolute atomic E-state index is 0.0152. The fourth-order valence-corrected chi connectivity index (χ4v) is 18.3. The number of aliphatic hydroxyl groups excluding tert-OH is 2. The minimum Gasteiger partial charge on any atom is -0.497 e. The number of methoxy groups -OCH3 is 4. The summed E-state index contributed by atoms with van der Waals surface area (Å²) in [6.45, 7) is 19.6. The Balaban J connectivity index is 1.15. The molecule has 0 aromatic heterocycles. The molecule has 3 aliphatic rings. The first-order valence-electron chi connectivity index (χ1n) is 31.1. The van der Waals surface area contributed by atoms with Gasteiger partial charge in [-0.2, -0.15) is 0 Å². The molecular weight excluding hydrogens is 1060 g/mol. The van der Waals surface area contributed by atoms with Gasteiger partial charge in [-0.3, -0.25) is 0 Å². The molecule has 3 fully saturated rings. The predicted molar refractivity (Wildman–Crippen MR) is 332 cm³/mol. The number of rotatable bonds is 23. The van der Waals surface area contributed by atoms with Gasteiger partial charge in [-0.15, -0.1) is 0 Å². The minimum atomic E-state index is -2.07. The maximum Gasteiger partial charge on any atom is 0.159 e. The van der Waals surface area contributed by atoms with Crippen LogP contribution in [0, 0.1) is 17.8 Å². The highest BCUT2D eigenvalue weighted by atomic mass is 31.2. The van der Waals surface area contributed by atoms with Gasteiger partial charge in [-0.05, 0) is 198 Å². The van der Waals surface area contributed by atoms with Crippen LogP contribution in [0.4, 0.5) is 0 Å². The van der Waals surface area contributed by atoms with E-state index in [0.717, 1.165) is 75.0 Å². The van der Waals surface area contributed by atoms with Gasteiger partial charge in [0.05, 0.1) is 74.8 Å². The Morgan fingerprint density at radius 2 is 1.15 bits per heavy atom. The van der Waals surface area contributed by atoms with Gasteiger partial charge < -0.3 is 68.1 Å². The van der Waals surface area contributed by atoms with Crippen molar-refractivity contribution in [2.45, 2.75) is 237 Å². The van der Waals surface area contributed by atoms with Crippen LogP contribution in [0.1, 0.15) is 159 Å². The third-order valence-corrected chi connectivity index (χ3v) is 23.6. The molecule has 0 bridgehead atoms. The second kappa shape index (κ2) is 31.1. The standard InChI is InChI=1S/C67H110N2O12P/c1-16-60-66(8,73)43-47(3)69(37-23-21-19-17-18-20-22-24-38-82(55-31-25-52(74-12)26-32-55,56-33-27-53(75-13)28-34-56)57-35-29-54(76-14)30-36-57)45-46(2)42-65(7,72)61(80-62-40-51(68(10)11)39-48(4)78-62)41-58(49(5)64(71)81-60)59-44-67(9,77-15)63(70)50(6)79-59/h25-36,46-51,58-64,70-73H,16-24,37-45H2,1-15H3/q+1/t46-,47-,48-,49-,50+,51+,58+,59?,60-,61-,62+,63+,64?,65-,66+,67-/m1/s1. The molecule has 3 aliphatic heterocycles. The molecular formula is C67H110N2O12P+. The maximum absolute atomic E-state index is 13.0. The monoisotopic (exact) mass is 1170 g/mol. The third kappa shape index (κ3) is 17.6. The van der Waals surface area contributed by atoms with Crippen LogP contribution in [0.5, 0.6) is 17.2 Å². The molecule has 3 heterocycles. The lowest BCUT2D eigenvalue weighted by molar-refractivity contribution is -0.271. The van der Waals surface area contributed by atoms with Gasteiger partial charge in [-0.1, -0.05) is 52.9 Å². The fraction of sp³-hybridized carbons (Fsp3) is 0.731. The molecule has 464 valence electrons. The molecule has 0 amide bonds. The van der Waals surface area contributed by atoms with Crippen LogP contribution >= 0.6 is 7.26 Å². The van der Waals surface area contributed by atoms with Gasteiger partial charge in [0.2, 0.25) is 0 Å². The smallest absolute Gasteiger partial charge is 0.159 e. The normalized spacial score (nSPS) is 34.0. The zero-order valence-electron chi connectivity index (χ0n) is 53.1. The zero-order chi connectivity index (χ0) is 60.0. The Hall–Kier alpha value is -2.95. The molecule has 0 aliphatic carbocycles. The zero-order valence-corrected chi connectivity index (χ0v) is 54.0. The first-order chi connectivity index (χ1) is 38.9. The van der Waals surface area contributed by atoms with Crippen LogP contribution in [0.25, 0.3) is 0 Å². The van der Waals surface area contributed by atoms with E-state index in [-0.39, 0.29) is 24.1 Å². The summed E-state index contributed by atoms with van der Waals surface area (Å²) in [6, 6.07) is 26.3. The highest BCUT2D eigenvalue weighted by Crippen LogP contribution is 2.57. The largest absolute Gasteiger partial charge is 0.497 e. The number of ether oxygens (including phenoxy) is 8. The molecule has 6 rings (SSSR count). The number of unbranched alkanes of at least 4 members (excludes halogenated alkanes) is 7. The van der Waals surface area contributed by atoms with Gasteiger partial charge in [0, 0.05) is 44.5 Å². The summed E-state index contributed by atoms with van der Waals surface area (Å²) >= 11 is 0. The van der Waals surface area contributed by atoms with Crippen molar-refractivity contribution in [1.82, 2.24) is 9.80 Å². The highest BCUT2D eigenvalue weighted by Gasteiger charge is 2.52. The average Bonchev–Trinajstić information content (AvgIpc) is 3.59. The van der Waals surface area contributed by atoms with Crippen LogP contribution in [0.3, 0.4) is 0 Å². The van der Waals surface area contributed by atoms with E-state index in [1.165, 1.54) is 35.2 Å². The number of hydrogen-bond acceptors (Lipinski definition) is 14. The number of benzene rings is 3. The summed E-state index contributed by atoms with van der Waals surface area (Å²) in [7, 11) is 8.88. The molecule has 3 aromatic rings. The first-order valence-corrected chi connectivity index (χ1v) is 33.1. The van der Waals surface area contributed by atoms with Crippen molar-refractivity contribution < 1.29 is 58.3 Å². The summed E-state index contributed by atoms with van der Waals surface area (Å²) in [4.78, 5) is 4.73. The molecule has 82 heavy (non-hydrogen) atoms. The lowest BCUT2D eigenvalue weighted by Crippen LogP contribution is -2.59. The quantitative estimate of drug-likeness (QED) is 0.0524. The third-order valence-electron chi connectivity index (χ3n) is 19.1. The topological polar surface area (TPSA) is 161 Å². The van der Waals surface area contributed by atoms with E-state index >= 15 is 0 Å². The van der Waals surface area contributed by atoms with E-state index in [1.54, 1.807) is 28.4 Å². The molecule has 0 spiro atoms. The summed E-state index contributed by atoms with van der Waals surface area (Å²) in [6.07, 6.45) is 8.54. The van der Waals surface area contributed by atoms with Gasteiger partial charge in [0.15, 0.2) is 12.6 Å². The van der Waals surface area contributed by atoms with Crippen molar-refractivity contribution in [3.05, 3.63) is 72.8 Å². The number of nitrogens with zero attached hydrogens (tertiary/aromatic N) is 2. The number of aliphatic hydroxyl groups is 4. The average molecular weight is 1170 g/mol. The SMILES string of the molecule is CC[C@H]1OC(O)[C@H](C)[C@@H](C2C[C@@](C)(OC)[C@@H](O)[C@H](C)O2)C[C@@H](O[C@H]2C[C@@H](N(C)C)C[C@@H](C)O2)[C@](C)(O)C[C@@H](C)CN(CCCCCCCCCC[P+](c2ccc(OC)cc2)(c2ccc(OC)cc2)c2ccc(OC)cc2)[C@H](C)C[C@]1(C)O. The highest BCUT2D eigenvalue weighted by molar-refractivity contribution is 7.95. The van der Waals surface area contributed by atoms with E-state index < -0.39 is 79.0 Å². The summed E-state index contributed by atoms with van der Waals surface area (Å²) in [5, 5.41) is 53.0. The molecule has 16 atom stereocenters. The van der Waals surface area contributed by atoms with Gasteiger partial charge in [0.1, 0.15) is 46.5 Å². The first kappa shape index (κ1) is 68.2. The fourth-order valence-electron chi connectivity index (χ4n) is 14.0. The molecule has 2 unspecified atom stereocenters. The van der Waals surface area contributed by atoms with Gasteiger partial charge >= 0.3 is 0 Å². The summed E-state index contributed by atoms with van der Waals surface area (Å²) in [5.74, 6) is 1.65. The van der Waals surface area contributed by atoms with Crippen LogP contribution in [-0.2, 0) is 23.7 Å². The van der Waals surface area contributed by atoms with Crippen molar-refractivity contribution >= 4 is 23.2 Å². The van der Waals surface area contributed by atoms with E-state index in [2.05, 4.69) is 117 Å². The maximum atomic E-state index is 13.0. The van der Waals surface area contributed by atoms with Crippen molar-refractivity contribution in [2.75, 3.05) is 61.8 Å². The second-order valence-corrected chi connectivity index (χ2v) is 29.5. The van der Waals surface area contributed by atoms with E-state index in [4.69, 9.17) is 37.9 Å². The van der Waals surface area contributed by atoms with Gasteiger partial charge in [0.25, 0.3) is 0 Å². The van der Waals surface area contributed by atoms with Crippen LogP contribution in [0.2, 0.25) is 0 Å². The number of hydrogen-bond donors (Lipinski definition) is 4. The van der Waals surface area contributed by atoms with E-state index in [0.29, 0.717) is 38.5 Å². The lowest BCUT2D eigenvalue weighted by Gasteiger charge is -2.49. The molecule has 0 radical (unpaired) electrons. The van der Waals surface area contributed by atoms with Crippen molar-refractivity contribution in [3.8, 4) is 17.2 Å². The van der Waals surface area contributed by atoms with Crippen molar-refractivity contribution in [3.63, 3.8) is 0 Å². The molecule has 3 aromatic carbocycles.